The van der Waals surface area contributed by atoms with E-state index in [-0.39, 0.29) is 5.76 Å². The topological polar surface area (TPSA) is 55.8 Å². The largest absolute Gasteiger partial charge is 0.475 e. The van der Waals surface area contributed by atoms with Gasteiger partial charge in [0.15, 0.2) is 0 Å². The molecule has 0 amide bonds. The van der Waals surface area contributed by atoms with Crippen LogP contribution in [0.15, 0.2) is 25.2 Å². The Labute approximate surface area is 64.7 Å². The highest BCUT2D eigenvalue weighted by Crippen LogP contribution is 2.01. The average Bonchev–Trinajstić information content (AvgIpc) is 1.87. The van der Waals surface area contributed by atoms with Gasteiger partial charge < -0.3 is 14.6 Å². The maximum atomic E-state index is 10.1. The molecule has 62 valence electrons. The third kappa shape index (κ3) is 4.02. The minimum absolute atomic E-state index is 0.348. The van der Waals surface area contributed by atoms with Crippen LogP contribution in [0, 0.1) is 0 Å². The standard InChI is InChI=1S/C7H10O4/c1-4-10-6(3)11-5(2)7(8)9/h4,6H,1-2H2,3H3,(H,8,9). The number of carboxylic acids is 1. The summed E-state index contributed by atoms with van der Waals surface area (Å²) >= 11 is 0. The van der Waals surface area contributed by atoms with Crippen LogP contribution in [0.2, 0.25) is 0 Å². The van der Waals surface area contributed by atoms with Gasteiger partial charge in [-0.15, -0.1) is 0 Å². The van der Waals surface area contributed by atoms with E-state index in [1.54, 1.807) is 0 Å². The van der Waals surface area contributed by atoms with Crippen molar-refractivity contribution < 1.29 is 19.4 Å². The zero-order valence-corrected chi connectivity index (χ0v) is 6.24. The Bertz CT molecular complexity index is 173. The molecule has 4 nitrogen and oxygen atoms in total. The quantitative estimate of drug-likeness (QED) is 0.370. The summed E-state index contributed by atoms with van der Waals surface area (Å²) in [7, 11) is 0. The lowest BCUT2D eigenvalue weighted by Crippen LogP contribution is -2.13. The van der Waals surface area contributed by atoms with Crippen molar-refractivity contribution in [3.05, 3.63) is 25.2 Å². The van der Waals surface area contributed by atoms with E-state index in [0.717, 1.165) is 0 Å². The first-order chi connectivity index (χ1) is 5.07. The molecule has 0 aliphatic heterocycles. The minimum atomic E-state index is -1.20. The highest BCUT2D eigenvalue weighted by atomic mass is 16.7. The first-order valence-corrected chi connectivity index (χ1v) is 2.93. The molecule has 4 heteroatoms. The average molecular weight is 158 g/mol. The van der Waals surface area contributed by atoms with E-state index >= 15 is 0 Å². The molecular weight excluding hydrogens is 148 g/mol. The Balaban J connectivity index is 3.74. The zero-order chi connectivity index (χ0) is 8.85. The first kappa shape index (κ1) is 9.55. The van der Waals surface area contributed by atoms with Crippen LogP contribution in [-0.2, 0) is 14.3 Å². The molecule has 0 aromatic rings. The van der Waals surface area contributed by atoms with Crippen LogP contribution in [0.3, 0.4) is 0 Å². The second-order valence-electron chi connectivity index (χ2n) is 1.72. The fourth-order valence-corrected chi connectivity index (χ4v) is 0.414. The van der Waals surface area contributed by atoms with Crippen molar-refractivity contribution in [2.75, 3.05) is 0 Å². The zero-order valence-electron chi connectivity index (χ0n) is 6.24. The van der Waals surface area contributed by atoms with Gasteiger partial charge in [0.25, 0.3) is 0 Å². The van der Waals surface area contributed by atoms with Crippen molar-refractivity contribution in [1.82, 2.24) is 0 Å². The third-order valence-electron chi connectivity index (χ3n) is 0.835. The van der Waals surface area contributed by atoms with Gasteiger partial charge in [-0.1, -0.05) is 6.58 Å². The van der Waals surface area contributed by atoms with Crippen LogP contribution in [0.25, 0.3) is 0 Å². The molecule has 0 aliphatic rings. The lowest BCUT2D eigenvalue weighted by Gasteiger charge is -2.12. The third-order valence-corrected chi connectivity index (χ3v) is 0.835. The van der Waals surface area contributed by atoms with E-state index < -0.39 is 12.3 Å². The number of hydrogen-bond donors (Lipinski definition) is 1. The fraction of sp³-hybridized carbons (Fsp3) is 0.286. The van der Waals surface area contributed by atoms with Crippen molar-refractivity contribution in [3.63, 3.8) is 0 Å². The summed E-state index contributed by atoms with van der Waals surface area (Å²) in [5, 5.41) is 8.29. The van der Waals surface area contributed by atoms with E-state index in [0.29, 0.717) is 0 Å². The number of carbonyl (C=O) groups is 1. The summed E-state index contributed by atoms with van der Waals surface area (Å²) in [5.41, 5.74) is 0. The number of aliphatic carboxylic acids is 1. The Morgan fingerprint density at radius 2 is 2.27 bits per heavy atom. The monoisotopic (exact) mass is 158 g/mol. The summed E-state index contributed by atoms with van der Waals surface area (Å²) in [4.78, 5) is 10.1. The number of hydrogen-bond acceptors (Lipinski definition) is 3. The summed E-state index contributed by atoms with van der Waals surface area (Å²) in [6.45, 7) is 7.95. The molecule has 0 aromatic carbocycles. The number of ether oxygens (including phenoxy) is 2. The predicted molar refractivity (Wildman–Crippen MR) is 38.6 cm³/mol. The molecule has 1 atom stereocenters. The predicted octanol–water partition coefficient (Wildman–Crippen LogP) is 1.11. The molecule has 0 fully saturated rings. The number of rotatable bonds is 5. The van der Waals surface area contributed by atoms with Gasteiger partial charge >= 0.3 is 5.97 Å². The molecule has 11 heavy (non-hydrogen) atoms. The summed E-state index contributed by atoms with van der Waals surface area (Å²) in [5.74, 6) is -1.55. The van der Waals surface area contributed by atoms with Crippen LogP contribution < -0.4 is 0 Å². The summed E-state index contributed by atoms with van der Waals surface area (Å²) in [6.07, 6.45) is 0.496. The van der Waals surface area contributed by atoms with Gasteiger partial charge in [0.2, 0.25) is 12.0 Å². The molecule has 0 saturated heterocycles. The molecule has 0 rings (SSSR count). The molecule has 0 heterocycles. The Kier molecular flexibility index (Phi) is 3.80. The normalized spacial score (nSPS) is 11.4. The van der Waals surface area contributed by atoms with Crippen LogP contribution in [0.4, 0.5) is 0 Å². The van der Waals surface area contributed by atoms with Gasteiger partial charge in [0, 0.05) is 6.92 Å². The maximum Gasteiger partial charge on any atom is 0.370 e. The smallest absolute Gasteiger partial charge is 0.370 e. The molecule has 0 radical (unpaired) electrons. The molecule has 0 spiro atoms. The minimum Gasteiger partial charge on any atom is -0.475 e. The molecular formula is C7H10O4. The summed E-state index contributed by atoms with van der Waals surface area (Å²) in [6, 6.07) is 0. The van der Waals surface area contributed by atoms with Crippen LogP contribution in [-0.4, -0.2) is 17.4 Å². The van der Waals surface area contributed by atoms with Crippen molar-refractivity contribution in [1.29, 1.82) is 0 Å². The van der Waals surface area contributed by atoms with Gasteiger partial charge in [-0.05, 0) is 6.58 Å². The van der Waals surface area contributed by atoms with Gasteiger partial charge in [0.05, 0.1) is 6.26 Å². The highest BCUT2D eigenvalue weighted by molar-refractivity contribution is 5.83. The Morgan fingerprint density at radius 1 is 1.73 bits per heavy atom. The van der Waals surface area contributed by atoms with Gasteiger partial charge in [-0.2, -0.15) is 0 Å². The van der Waals surface area contributed by atoms with Crippen molar-refractivity contribution in [2.45, 2.75) is 13.2 Å². The van der Waals surface area contributed by atoms with E-state index in [1.807, 2.05) is 0 Å². The SMILES string of the molecule is C=COC(C)OC(=C)C(=O)O. The van der Waals surface area contributed by atoms with Gasteiger partial charge in [0.1, 0.15) is 0 Å². The maximum absolute atomic E-state index is 10.1. The fourth-order valence-electron chi connectivity index (χ4n) is 0.414. The lowest BCUT2D eigenvalue weighted by molar-refractivity contribution is -0.142. The van der Waals surface area contributed by atoms with Gasteiger partial charge in [-0.3, -0.25) is 0 Å². The Morgan fingerprint density at radius 3 is 2.64 bits per heavy atom. The molecule has 0 aliphatic carbocycles. The molecule has 0 saturated carbocycles. The second-order valence-corrected chi connectivity index (χ2v) is 1.72. The second kappa shape index (κ2) is 4.38. The van der Waals surface area contributed by atoms with Crippen LogP contribution in [0.1, 0.15) is 6.92 Å². The van der Waals surface area contributed by atoms with E-state index in [1.165, 1.54) is 13.2 Å². The molecule has 1 N–H and O–H groups in total. The van der Waals surface area contributed by atoms with Crippen molar-refractivity contribution >= 4 is 5.97 Å². The van der Waals surface area contributed by atoms with E-state index in [9.17, 15) is 4.79 Å². The van der Waals surface area contributed by atoms with Crippen molar-refractivity contribution in [3.8, 4) is 0 Å². The molecule has 0 bridgehead atoms. The molecule has 1 unspecified atom stereocenters. The van der Waals surface area contributed by atoms with E-state index in [2.05, 4.69) is 22.6 Å². The first-order valence-electron chi connectivity index (χ1n) is 2.93. The highest BCUT2D eigenvalue weighted by Gasteiger charge is 2.08. The van der Waals surface area contributed by atoms with Crippen LogP contribution >= 0.6 is 0 Å². The van der Waals surface area contributed by atoms with Gasteiger partial charge in [-0.25, -0.2) is 4.79 Å². The van der Waals surface area contributed by atoms with Crippen molar-refractivity contribution in [2.24, 2.45) is 0 Å². The van der Waals surface area contributed by atoms with Crippen LogP contribution in [0.5, 0.6) is 0 Å². The Hall–Kier alpha value is -1.45. The lowest BCUT2D eigenvalue weighted by atomic mass is 10.6. The summed E-state index contributed by atoms with van der Waals surface area (Å²) < 4.78 is 9.34. The number of carboxylic acid groups (broad SMARTS) is 1. The molecule has 0 aromatic heterocycles. The van der Waals surface area contributed by atoms with E-state index in [4.69, 9.17) is 5.11 Å².